The monoisotopic (exact) mass is 364 g/mol. The van der Waals surface area contributed by atoms with Crippen molar-refractivity contribution in [2.24, 2.45) is 5.92 Å². The van der Waals surface area contributed by atoms with E-state index in [1.807, 2.05) is 24.3 Å². The number of nitrogens with zero attached hydrogens (tertiary/aromatic N) is 3. The average Bonchev–Trinajstić information content (AvgIpc) is 2.68. The third-order valence-electron chi connectivity index (χ3n) is 5.10. The first-order valence-electron chi connectivity index (χ1n) is 9.08. The van der Waals surface area contributed by atoms with Crippen molar-refractivity contribution in [3.8, 4) is 11.1 Å². The second-order valence-electron chi connectivity index (χ2n) is 7.09. The van der Waals surface area contributed by atoms with E-state index in [2.05, 4.69) is 27.2 Å². The van der Waals surface area contributed by atoms with Crippen LogP contribution in [0.1, 0.15) is 12.8 Å². The molecule has 3 heterocycles. The summed E-state index contributed by atoms with van der Waals surface area (Å²) in [5.74, 6) is 0.234. The molecular formula is C21H21FN4O. The number of piperidine rings is 1. The number of likely N-dealkylation sites (tertiary alicyclic amines) is 1. The van der Waals surface area contributed by atoms with E-state index in [-0.39, 0.29) is 17.6 Å². The predicted molar refractivity (Wildman–Crippen MR) is 104 cm³/mol. The second kappa shape index (κ2) is 7.40. The van der Waals surface area contributed by atoms with Crippen LogP contribution in [-0.4, -0.2) is 40.9 Å². The molecule has 1 aliphatic heterocycles. The molecule has 0 atom stereocenters. The number of aromatic nitrogens is 2. The Morgan fingerprint density at radius 1 is 1.07 bits per heavy atom. The molecule has 1 N–H and O–H groups in total. The minimum Gasteiger partial charge on any atom is -0.310 e. The lowest BCUT2D eigenvalue weighted by Gasteiger charge is -2.27. The smallest absolute Gasteiger partial charge is 0.228 e. The summed E-state index contributed by atoms with van der Waals surface area (Å²) in [6.07, 6.45) is 6.30. The molecule has 1 fully saturated rings. The maximum atomic E-state index is 13.5. The van der Waals surface area contributed by atoms with Gasteiger partial charge in [-0.1, -0.05) is 12.1 Å². The van der Waals surface area contributed by atoms with Gasteiger partial charge in [-0.25, -0.2) is 9.37 Å². The van der Waals surface area contributed by atoms with Gasteiger partial charge in [0.05, 0.1) is 6.20 Å². The molecule has 0 spiro atoms. The van der Waals surface area contributed by atoms with Gasteiger partial charge in [-0.15, -0.1) is 0 Å². The number of carbonyl (C=O) groups excluding carboxylic acids is 1. The molecule has 27 heavy (non-hydrogen) atoms. The van der Waals surface area contributed by atoms with Crippen LogP contribution in [0, 0.1) is 11.7 Å². The normalized spacial score (nSPS) is 15.8. The lowest BCUT2D eigenvalue weighted by atomic mass is 9.96. The van der Waals surface area contributed by atoms with E-state index in [4.69, 9.17) is 0 Å². The molecule has 2 aromatic heterocycles. The molecule has 1 saturated heterocycles. The van der Waals surface area contributed by atoms with Crippen LogP contribution in [-0.2, 0) is 4.79 Å². The molecule has 5 nitrogen and oxygen atoms in total. The van der Waals surface area contributed by atoms with Crippen LogP contribution in [0.15, 0.2) is 48.9 Å². The van der Waals surface area contributed by atoms with Crippen LogP contribution < -0.4 is 5.32 Å². The second-order valence-corrected chi connectivity index (χ2v) is 7.09. The predicted octanol–water partition coefficient (Wildman–Crippen LogP) is 3.72. The van der Waals surface area contributed by atoms with Gasteiger partial charge in [0.15, 0.2) is 0 Å². The number of nitrogens with one attached hydrogen (secondary N) is 1. The number of fused-ring (bicyclic) bond motifs is 1. The zero-order chi connectivity index (χ0) is 18.8. The number of pyridine rings is 2. The van der Waals surface area contributed by atoms with Crippen molar-refractivity contribution in [3.63, 3.8) is 0 Å². The number of benzene rings is 1. The van der Waals surface area contributed by atoms with E-state index >= 15 is 0 Å². The van der Waals surface area contributed by atoms with Crippen molar-refractivity contribution in [1.82, 2.24) is 14.9 Å². The Kier molecular flexibility index (Phi) is 4.81. The highest BCUT2D eigenvalue weighted by Crippen LogP contribution is 2.26. The summed E-state index contributed by atoms with van der Waals surface area (Å²) in [4.78, 5) is 23.0. The van der Waals surface area contributed by atoms with Crippen molar-refractivity contribution in [1.29, 1.82) is 0 Å². The molecule has 1 amide bonds. The third-order valence-corrected chi connectivity index (χ3v) is 5.10. The van der Waals surface area contributed by atoms with Crippen molar-refractivity contribution in [2.75, 3.05) is 25.5 Å². The van der Waals surface area contributed by atoms with Gasteiger partial charge in [-0.05, 0) is 62.1 Å². The zero-order valence-corrected chi connectivity index (χ0v) is 15.2. The largest absolute Gasteiger partial charge is 0.310 e. The SMILES string of the molecule is CN1CCC(C(=O)Nc2cc3cc(-c4cncc(F)c4)ccc3cn2)CC1. The molecule has 3 aromatic rings. The van der Waals surface area contributed by atoms with Gasteiger partial charge < -0.3 is 10.2 Å². The van der Waals surface area contributed by atoms with Gasteiger partial charge in [0.2, 0.25) is 5.91 Å². The van der Waals surface area contributed by atoms with Gasteiger partial charge in [0, 0.05) is 29.3 Å². The average molecular weight is 364 g/mol. The quantitative estimate of drug-likeness (QED) is 0.770. The fourth-order valence-corrected chi connectivity index (χ4v) is 3.46. The van der Waals surface area contributed by atoms with E-state index in [1.54, 1.807) is 12.4 Å². The number of hydrogen-bond acceptors (Lipinski definition) is 4. The van der Waals surface area contributed by atoms with Crippen LogP contribution in [0.25, 0.3) is 21.9 Å². The molecule has 0 unspecified atom stereocenters. The Balaban J connectivity index is 1.56. The Morgan fingerprint density at radius 3 is 2.67 bits per heavy atom. The Hall–Kier alpha value is -2.86. The van der Waals surface area contributed by atoms with Crippen LogP contribution in [0.2, 0.25) is 0 Å². The topological polar surface area (TPSA) is 58.1 Å². The number of anilines is 1. The number of carbonyl (C=O) groups is 1. The molecule has 1 aliphatic rings. The van der Waals surface area contributed by atoms with E-state index in [1.165, 1.54) is 12.3 Å². The Labute approximate surface area is 157 Å². The Morgan fingerprint density at radius 2 is 1.89 bits per heavy atom. The third kappa shape index (κ3) is 3.95. The summed E-state index contributed by atoms with van der Waals surface area (Å²) in [7, 11) is 2.07. The summed E-state index contributed by atoms with van der Waals surface area (Å²) in [5, 5.41) is 4.84. The molecule has 1 aromatic carbocycles. The first kappa shape index (κ1) is 17.5. The standard InChI is InChI=1S/C21H21FN4O/c1-26-6-4-14(5-7-26)21(27)25-20-10-17-8-15(2-3-16(17)12-24-20)18-9-19(22)13-23-11-18/h2-3,8-14H,4-7H2,1H3,(H,24,25,27). The molecule has 6 heteroatoms. The maximum absolute atomic E-state index is 13.5. The first-order chi connectivity index (χ1) is 13.1. The number of hydrogen-bond donors (Lipinski definition) is 1. The number of amides is 1. The summed E-state index contributed by atoms with van der Waals surface area (Å²) in [6, 6.07) is 9.12. The fourth-order valence-electron chi connectivity index (χ4n) is 3.46. The van der Waals surface area contributed by atoms with Crippen LogP contribution in [0.4, 0.5) is 10.2 Å². The summed E-state index contributed by atoms with van der Waals surface area (Å²) in [6.45, 7) is 1.88. The molecule has 0 radical (unpaired) electrons. The van der Waals surface area contributed by atoms with E-state index in [9.17, 15) is 9.18 Å². The van der Waals surface area contributed by atoms with E-state index in [0.717, 1.165) is 42.3 Å². The van der Waals surface area contributed by atoms with E-state index < -0.39 is 0 Å². The molecule has 4 rings (SSSR count). The van der Waals surface area contributed by atoms with Crippen molar-refractivity contribution >= 4 is 22.5 Å². The fraction of sp³-hybridized carbons (Fsp3) is 0.286. The summed E-state index contributed by atoms with van der Waals surface area (Å²) >= 11 is 0. The number of rotatable bonds is 3. The Bertz CT molecular complexity index is 983. The van der Waals surface area contributed by atoms with Gasteiger partial charge in [0.25, 0.3) is 0 Å². The summed E-state index contributed by atoms with van der Waals surface area (Å²) < 4.78 is 13.5. The van der Waals surface area contributed by atoms with Crippen LogP contribution >= 0.6 is 0 Å². The molecule has 0 aliphatic carbocycles. The van der Waals surface area contributed by atoms with Crippen LogP contribution in [0.5, 0.6) is 0 Å². The summed E-state index contributed by atoms with van der Waals surface area (Å²) in [5.41, 5.74) is 1.58. The van der Waals surface area contributed by atoms with Gasteiger partial charge in [-0.3, -0.25) is 9.78 Å². The van der Waals surface area contributed by atoms with Gasteiger partial charge in [0.1, 0.15) is 11.6 Å². The molecule has 138 valence electrons. The molecular weight excluding hydrogens is 343 g/mol. The minimum atomic E-state index is -0.367. The highest BCUT2D eigenvalue weighted by molar-refractivity contribution is 5.95. The highest BCUT2D eigenvalue weighted by atomic mass is 19.1. The number of halogens is 1. The lowest BCUT2D eigenvalue weighted by molar-refractivity contribution is -0.121. The highest BCUT2D eigenvalue weighted by Gasteiger charge is 2.23. The molecule has 0 bridgehead atoms. The van der Waals surface area contributed by atoms with Crippen LogP contribution in [0.3, 0.4) is 0 Å². The van der Waals surface area contributed by atoms with Gasteiger partial charge >= 0.3 is 0 Å². The zero-order valence-electron chi connectivity index (χ0n) is 15.2. The lowest BCUT2D eigenvalue weighted by Crippen LogP contribution is -2.36. The minimum absolute atomic E-state index is 0.0282. The maximum Gasteiger partial charge on any atom is 0.228 e. The van der Waals surface area contributed by atoms with Crippen molar-refractivity contribution in [3.05, 3.63) is 54.7 Å². The van der Waals surface area contributed by atoms with Crippen molar-refractivity contribution < 1.29 is 9.18 Å². The van der Waals surface area contributed by atoms with Gasteiger partial charge in [-0.2, -0.15) is 0 Å². The first-order valence-corrected chi connectivity index (χ1v) is 9.08. The van der Waals surface area contributed by atoms with Crippen molar-refractivity contribution in [2.45, 2.75) is 12.8 Å². The molecule has 0 saturated carbocycles. The van der Waals surface area contributed by atoms with E-state index in [0.29, 0.717) is 11.4 Å².